The first-order valence-electron chi connectivity index (χ1n) is 5.10. The minimum atomic E-state index is -0.353. The lowest BCUT2D eigenvalue weighted by Crippen LogP contribution is -2.23. The van der Waals surface area contributed by atoms with Crippen LogP contribution in [0, 0.1) is 0 Å². The van der Waals surface area contributed by atoms with Gasteiger partial charge in [0.25, 0.3) is 0 Å². The van der Waals surface area contributed by atoms with E-state index in [9.17, 15) is 4.79 Å². The van der Waals surface area contributed by atoms with Crippen molar-refractivity contribution >= 4 is 17.4 Å². The number of carbonyl (C=O) groups is 1. The van der Waals surface area contributed by atoms with E-state index < -0.39 is 0 Å². The Kier molecular flexibility index (Phi) is 4.79. The van der Waals surface area contributed by atoms with Gasteiger partial charge in [0, 0.05) is 17.2 Å². The zero-order valence-corrected chi connectivity index (χ0v) is 9.75. The SMILES string of the molecule is CCOC(CC)C(=O)c1cccc(Cl)c1. The molecule has 0 N–H and O–H groups in total. The van der Waals surface area contributed by atoms with Crippen LogP contribution in [0.25, 0.3) is 0 Å². The quantitative estimate of drug-likeness (QED) is 0.720. The molecule has 0 bridgehead atoms. The van der Waals surface area contributed by atoms with Gasteiger partial charge in [0.2, 0.25) is 0 Å². The summed E-state index contributed by atoms with van der Waals surface area (Å²) in [4.78, 5) is 11.9. The topological polar surface area (TPSA) is 26.3 Å². The molecule has 1 aromatic carbocycles. The van der Waals surface area contributed by atoms with Crippen LogP contribution in [0.5, 0.6) is 0 Å². The standard InChI is InChI=1S/C12H15ClO2/c1-3-11(15-4-2)12(14)9-6-5-7-10(13)8-9/h5-8,11H,3-4H2,1-2H3. The molecule has 0 heterocycles. The largest absolute Gasteiger partial charge is 0.370 e. The summed E-state index contributed by atoms with van der Waals surface area (Å²) >= 11 is 5.82. The van der Waals surface area contributed by atoms with E-state index in [1.165, 1.54) is 0 Å². The summed E-state index contributed by atoms with van der Waals surface area (Å²) in [7, 11) is 0. The zero-order chi connectivity index (χ0) is 11.3. The Balaban J connectivity index is 2.82. The third-order valence-corrected chi connectivity index (χ3v) is 2.38. The number of carbonyl (C=O) groups excluding carboxylic acids is 1. The van der Waals surface area contributed by atoms with Crippen LogP contribution < -0.4 is 0 Å². The molecule has 0 aliphatic heterocycles. The van der Waals surface area contributed by atoms with Crippen molar-refractivity contribution in [3.63, 3.8) is 0 Å². The monoisotopic (exact) mass is 226 g/mol. The second-order valence-corrected chi connectivity index (χ2v) is 3.66. The van der Waals surface area contributed by atoms with E-state index >= 15 is 0 Å². The van der Waals surface area contributed by atoms with Crippen LogP contribution >= 0.6 is 11.6 Å². The predicted octanol–water partition coefficient (Wildman–Crippen LogP) is 3.34. The van der Waals surface area contributed by atoms with Crippen molar-refractivity contribution in [3.8, 4) is 0 Å². The molecule has 1 aromatic rings. The second kappa shape index (κ2) is 5.89. The van der Waals surface area contributed by atoms with Gasteiger partial charge in [-0.05, 0) is 25.5 Å². The summed E-state index contributed by atoms with van der Waals surface area (Å²) in [5.74, 6) is 0.00171. The van der Waals surface area contributed by atoms with Crippen LogP contribution in [-0.4, -0.2) is 18.5 Å². The highest BCUT2D eigenvalue weighted by Gasteiger charge is 2.18. The highest BCUT2D eigenvalue weighted by molar-refractivity contribution is 6.31. The molecule has 82 valence electrons. The van der Waals surface area contributed by atoms with Crippen molar-refractivity contribution in [1.82, 2.24) is 0 Å². The Morgan fingerprint density at radius 3 is 2.73 bits per heavy atom. The molecule has 0 spiro atoms. The van der Waals surface area contributed by atoms with Gasteiger partial charge in [-0.15, -0.1) is 0 Å². The first-order valence-corrected chi connectivity index (χ1v) is 5.48. The maximum atomic E-state index is 11.9. The highest BCUT2D eigenvalue weighted by Crippen LogP contribution is 2.14. The Labute approximate surface area is 95.2 Å². The van der Waals surface area contributed by atoms with Crippen LogP contribution in [0.3, 0.4) is 0 Å². The molecule has 0 aliphatic rings. The van der Waals surface area contributed by atoms with Crippen molar-refractivity contribution in [1.29, 1.82) is 0 Å². The van der Waals surface area contributed by atoms with E-state index in [1.807, 2.05) is 13.8 Å². The summed E-state index contributed by atoms with van der Waals surface area (Å²) in [6.07, 6.45) is 0.326. The molecule has 0 amide bonds. The minimum absolute atomic E-state index is 0.00171. The number of ketones is 1. The fourth-order valence-corrected chi connectivity index (χ4v) is 1.60. The predicted molar refractivity (Wildman–Crippen MR) is 61.5 cm³/mol. The lowest BCUT2D eigenvalue weighted by Gasteiger charge is -2.13. The first kappa shape index (κ1) is 12.2. The van der Waals surface area contributed by atoms with Gasteiger partial charge in [0.1, 0.15) is 6.10 Å². The Hall–Kier alpha value is -0.860. The van der Waals surface area contributed by atoms with E-state index in [0.29, 0.717) is 23.6 Å². The maximum Gasteiger partial charge on any atom is 0.191 e. The van der Waals surface area contributed by atoms with Gasteiger partial charge in [0.05, 0.1) is 0 Å². The van der Waals surface area contributed by atoms with Gasteiger partial charge in [-0.2, -0.15) is 0 Å². The number of rotatable bonds is 5. The molecule has 2 nitrogen and oxygen atoms in total. The molecule has 15 heavy (non-hydrogen) atoms. The lowest BCUT2D eigenvalue weighted by atomic mass is 10.0. The second-order valence-electron chi connectivity index (χ2n) is 3.23. The van der Waals surface area contributed by atoms with Gasteiger partial charge < -0.3 is 4.74 Å². The number of halogens is 1. The maximum absolute atomic E-state index is 11.9. The molecule has 0 radical (unpaired) electrons. The van der Waals surface area contributed by atoms with Gasteiger partial charge in [-0.25, -0.2) is 0 Å². The number of hydrogen-bond acceptors (Lipinski definition) is 2. The van der Waals surface area contributed by atoms with Crippen LogP contribution in [0.15, 0.2) is 24.3 Å². The van der Waals surface area contributed by atoms with E-state index in [4.69, 9.17) is 16.3 Å². The molecular weight excluding hydrogens is 212 g/mol. The molecule has 0 saturated carbocycles. The van der Waals surface area contributed by atoms with E-state index in [0.717, 1.165) is 0 Å². The Bertz CT molecular complexity index is 336. The van der Waals surface area contributed by atoms with Crippen LogP contribution in [0.1, 0.15) is 30.6 Å². The Morgan fingerprint density at radius 1 is 1.47 bits per heavy atom. The molecule has 1 unspecified atom stereocenters. The fourth-order valence-electron chi connectivity index (χ4n) is 1.41. The van der Waals surface area contributed by atoms with Crippen molar-refractivity contribution in [2.75, 3.05) is 6.61 Å². The van der Waals surface area contributed by atoms with E-state index in [-0.39, 0.29) is 11.9 Å². The normalized spacial score (nSPS) is 12.5. The lowest BCUT2D eigenvalue weighted by molar-refractivity contribution is 0.0444. The molecule has 3 heteroatoms. The van der Waals surface area contributed by atoms with Gasteiger partial charge in [-0.3, -0.25) is 4.79 Å². The number of benzene rings is 1. The van der Waals surface area contributed by atoms with E-state index in [2.05, 4.69) is 0 Å². The summed E-state index contributed by atoms with van der Waals surface area (Å²) < 4.78 is 5.35. The smallest absolute Gasteiger partial charge is 0.191 e. The first-order chi connectivity index (χ1) is 7.19. The van der Waals surface area contributed by atoms with Crippen LogP contribution in [0.2, 0.25) is 5.02 Å². The third kappa shape index (κ3) is 3.33. The molecule has 1 rings (SSSR count). The minimum Gasteiger partial charge on any atom is -0.370 e. The summed E-state index contributed by atoms with van der Waals surface area (Å²) in [6.45, 7) is 4.36. The molecule has 0 aromatic heterocycles. The van der Waals surface area contributed by atoms with Crippen LogP contribution in [0.4, 0.5) is 0 Å². The number of hydrogen-bond donors (Lipinski definition) is 0. The van der Waals surface area contributed by atoms with Crippen molar-refractivity contribution < 1.29 is 9.53 Å². The van der Waals surface area contributed by atoms with Gasteiger partial charge >= 0.3 is 0 Å². The van der Waals surface area contributed by atoms with Gasteiger partial charge in [0.15, 0.2) is 5.78 Å². The zero-order valence-electron chi connectivity index (χ0n) is 9.00. The molecule has 1 atom stereocenters. The highest BCUT2D eigenvalue weighted by atomic mass is 35.5. The molecule has 0 fully saturated rings. The van der Waals surface area contributed by atoms with Crippen molar-refractivity contribution in [3.05, 3.63) is 34.9 Å². The third-order valence-electron chi connectivity index (χ3n) is 2.14. The summed E-state index contributed by atoms with van der Waals surface area (Å²) in [5, 5.41) is 0.576. The number of ether oxygens (including phenoxy) is 1. The van der Waals surface area contributed by atoms with Crippen molar-refractivity contribution in [2.24, 2.45) is 0 Å². The average Bonchev–Trinajstić information content (AvgIpc) is 2.25. The van der Waals surface area contributed by atoms with E-state index in [1.54, 1.807) is 24.3 Å². The average molecular weight is 227 g/mol. The number of Topliss-reactive ketones (excluding diaryl/α,β-unsaturated/α-hetero) is 1. The fraction of sp³-hybridized carbons (Fsp3) is 0.417. The molecule has 0 aliphatic carbocycles. The molecular formula is C12H15ClO2. The molecule has 0 saturated heterocycles. The Morgan fingerprint density at radius 2 is 2.20 bits per heavy atom. The summed E-state index contributed by atoms with van der Waals surface area (Å²) in [5.41, 5.74) is 0.614. The van der Waals surface area contributed by atoms with Crippen molar-refractivity contribution in [2.45, 2.75) is 26.4 Å². The summed E-state index contributed by atoms with van der Waals surface area (Å²) in [6, 6.07) is 6.95. The van der Waals surface area contributed by atoms with Gasteiger partial charge in [-0.1, -0.05) is 30.7 Å². The van der Waals surface area contributed by atoms with Crippen LogP contribution in [-0.2, 0) is 4.74 Å².